The molecule has 1 N–H and O–H groups in total. The maximum absolute atomic E-state index is 15.9. The summed E-state index contributed by atoms with van der Waals surface area (Å²) >= 11 is 6.29. The largest absolute Gasteiger partial charge is 0.316 e. The second kappa shape index (κ2) is 11.5. The Balaban J connectivity index is 1.89. The summed E-state index contributed by atoms with van der Waals surface area (Å²) in [6, 6.07) is 28.8. The van der Waals surface area contributed by atoms with E-state index in [2.05, 4.69) is 81.5 Å². The second-order valence-corrected chi connectivity index (χ2v) is 14.2. The predicted molar refractivity (Wildman–Crippen MR) is 151 cm³/mol. The topological polar surface area (TPSA) is 29.1 Å². The first-order valence-corrected chi connectivity index (χ1v) is 15.2. The summed E-state index contributed by atoms with van der Waals surface area (Å²) in [6.45, 7) is 9.12. The summed E-state index contributed by atoms with van der Waals surface area (Å²) in [5.74, 6) is 1.20. The molecule has 186 valence electrons. The summed E-state index contributed by atoms with van der Waals surface area (Å²) in [6.07, 6.45) is 3.36. The highest BCUT2D eigenvalue weighted by Gasteiger charge is 2.48. The molecule has 4 heteroatoms. The van der Waals surface area contributed by atoms with E-state index in [1.807, 2.05) is 36.4 Å². The van der Waals surface area contributed by atoms with Crippen LogP contribution in [-0.2, 0) is 4.57 Å². The summed E-state index contributed by atoms with van der Waals surface area (Å²) in [7, 11) is -2.97. The van der Waals surface area contributed by atoms with E-state index in [9.17, 15) is 0 Å². The average Bonchev–Trinajstić information content (AvgIpc) is 2.88. The molecular formula is C31H39ClNOP. The Morgan fingerprint density at radius 2 is 1.43 bits per heavy atom. The van der Waals surface area contributed by atoms with E-state index < -0.39 is 7.14 Å². The molecule has 1 fully saturated rings. The number of rotatable bonds is 8. The van der Waals surface area contributed by atoms with Gasteiger partial charge >= 0.3 is 0 Å². The van der Waals surface area contributed by atoms with Gasteiger partial charge in [-0.15, -0.1) is 0 Å². The van der Waals surface area contributed by atoms with E-state index in [1.54, 1.807) is 0 Å². The van der Waals surface area contributed by atoms with Gasteiger partial charge in [0.25, 0.3) is 0 Å². The molecule has 1 aliphatic carbocycles. The second-order valence-electron chi connectivity index (χ2n) is 10.7. The van der Waals surface area contributed by atoms with Crippen LogP contribution in [0.2, 0.25) is 5.02 Å². The molecule has 0 aliphatic heterocycles. The van der Waals surface area contributed by atoms with E-state index >= 15 is 4.57 Å². The van der Waals surface area contributed by atoms with Crippen LogP contribution in [-0.4, -0.2) is 5.66 Å². The maximum atomic E-state index is 15.9. The summed E-state index contributed by atoms with van der Waals surface area (Å²) < 4.78 is 15.9. The quantitative estimate of drug-likeness (QED) is 0.308. The van der Waals surface area contributed by atoms with E-state index in [1.165, 1.54) is 12.0 Å². The van der Waals surface area contributed by atoms with Crippen LogP contribution in [0.1, 0.15) is 69.9 Å². The molecular weight excluding hydrogens is 469 g/mol. The Morgan fingerprint density at radius 1 is 0.829 bits per heavy atom. The molecule has 0 amide bonds. The van der Waals surface area contributed by atoms with Crippen molar-refractivity contribution in [2.45, 2.75) is 64.4 Å². The number of benzene rings is 3. The molecule has 6 atom stereocenters. The van der Waals surface area contributed by atoms with Crippen LogP contribution < -0.4 is 10.6 Å². The normalized spacial score (nSPS) is 24.0. The minimum absolute atomic E-state index is 0.0485. The van der Waals surface area contributed by atoms with Gasteiger partial charge in [0.2, 0.25) is 0 Å². The van der Waals surface area contributed by atoms with Crippen molar-refractivity contribution in [1.29, 1.82) is 0 Å². The van der Waals surface area contributed by atoms with Crippen molar-refractivity contribution in [3.05, 3.63) is 101 Å². The SMILES string of the molecule is CC(C)[C@@H]1CC[C@@H](C)CC1[P@@](=O)(c1ccccc1)[C@@H](N[C@@H](C)c1ccccc1)c1ccc(Cl)cc1. The van der Waals surface area contributed by atoms with Gasteiger partial charge in [0.05, 0.1) is 5.78 Å². The molecule has 1 saturated carbocycles. The Kier molecular flexibility index (Phi) is 8.59. The molecule has 0 aromatic heterocycles. The van der Waals surface area contributed by atoms with Gasteiger partial charge in [0, 0.05) is 22.0 Å². The third-order valence-electron chi connectivity index (χ3n) is 7.92. The molecule has 3 aromatic rings. The van der Waals surface area contributed by atoms with E-state index in [0.717, 1.165) is 23.7 Å². The van der Waals surface area contributed by atoms with Gasteiger partial charge in [-0.2, -0.15) is 0 Å². The van der Waals surface area contributed by atoms with E-state index in [-0.39, 0.29) is 17.5 Å². The van der Waals surface area contributed by atoms with E-state index in [0.29, 0.717) is 22.8 Å². The van der Waals surface area contributed by atoms with Crippen molar-refractivity contribution < 1.29 is 4.57 Å². The van der Waals surface area contributed by atoms with Crippen LogP contribution in [0.25, 0.3) is 0 Å². The highest BCUT2D eigenvalue weighted by molar-refractivity contribution is 7.72. The van der Waals surface area contributed by atoms with Crippen LogP contribution in [0.5, 0.6) is 0 Å². The van der Waals surface area contributed by atoms with Crippen LogP contribution in [0.4, 0.5) is 0 Å². The van der Waals surface area contributed by atoms with Crippen LogP contribution in [0, 0.1) is 17.8 Å². The Bertz CT molecular complexity index is 1120. The van der Waals surface area contributed by atoms with E-state index in [4.69, 9.17) is 11.6 Å². The summed E-state index contributed by atoms with van der Waals surface area (Å²) in [4.78, 5) is 0. The minimum atomic E-state index is -2.97. The van der Waals surface area contributed by atoms with Gasteiger partial charge in [-0.1, -0.05) is 112 Å². The van der Waals surface area contributed by atoms with Gasteiger partial charge in [-0.3, -0.25) is 5.32 Å². The zero-order valence-electron chi connectivity index (χ0n) is 21.4. The Hall–Kier alpha value is -1.86. The average molecular weight is 508 g/mol. The highest BCUT2D eigenvalue weighted by Crippen LogP contribution is 2.66. The van der Waals surface area contributed by atoms with Gasteiger partial charge in [0.15, 0.2) is 0 Å². The summed E-state index contributed by atoms with van der Waals surface area (Å²) in [5.41, 5.74) is 2.37. The lowest BCUT2D eigenvalue weighted by Crippen LogP contribution is -2.39. The first kappa shape index (κ1) is 26.2. The number of hydrogen-bond acceptors (Lipinski definition) is 2. The van der Waals surface area contributed by atoms with Crippen LogP contribution in [0.3, 0.4) is 0 Å². The molecule has 0 radical (unpaired) electrons. The maximum Gasteiger partial charge on any atom is 0.139 e. The molecule has 0 spiro atoms. The number of nitrogens with one attached hydrogen (secondary N) is 1. The molecule has 4 rings (SSSR count). The standard InChI is InChI=1S/C31H39ClNOP/c1-22(2)29-20-15-23(3)21-30(29)35(34,28-13-9-6-10-14-28)31(26-16-18-27(32)19-17-26)33-24(4)25-11-7-5-8-12-25/h5-14,16-19,22-24,29-31,33H,15,20-21H2,1-4H3/t23-,24+,29+,30?,31-,35+/m1/s1. The summed E-state index contributed by atoms with van der Waals surface area (Å²) in [5, 5.41) is 5.56. The lowest BCUT2D eigenvalue weighted by molar-refractivity contribution is 0.235. The van der Waals surface area contributed by atoms with Crippen molar-refractivity contribution in [1.82, 2.24) is 5.32 Å². The molecule has 1 aliphatic rings. The molecule has 35 heavy (non-hydrogen) atoms. The van der Waals surface area contributed by atoms with Crippen LogP contribution >= 0.6 is 18.7 Å². The number of hydrogen-bond donors (Lipinski definition) is 1. The third kappa shape index (κ3) is 5.77. The predicted octanol–water partition coefficient (Wildman–Crippen LogP) is 8.84. The minimum Gasteiger partial charge on any atom is -0.316 e. The zero-order chi connectivity index (χ0) is 25.0. The van der Waals surface area contributed by atoms with Crippen molar-refractivity contribution >= 4 is 24.0 Å². The lowest BCUT2D eigenvalue weighted by Gasteiger charge is -2.45. The van der Waals surface area contributed by atoms with Crippen LogP contribution in [0.15, 0.2) is 84.9 Å². The third-order valence-corrected chi connectivity index (χ3v) is 12.1. The number of halogens is 1. The van der Waals surface area contributed by atoms with Gasteiger partial charge in [0.1, 0.15) is 7.14 Å². The molecule has 0 saturated heterocycles. The zero-order valence-corrected chi connectivity index (χ0v) is 23.1. The fourth-order valence-corrected chi connectivity index (χ4v) is 10.6. The molecule has 1 unspecified atom stereocenters. The molecule has 0 bridgehead atoms. The fraction of sp³-hybridized carbons (Fsp3) is 0.419. The van der Waals surface area contributed by atoms with Gasteiger partial charge in [-0.05, 0) is 60.8 Å². The first-order chi connectivity index (χ1) is 16.8. The van der Waals surface area contributed by atoms with Crippen molar-refractivity contribution in [2.24, 2.45) is 17.8 Å². The molecule has 3 aromatic carbocycles. The van der Waals surface area contributed by atoms with Crippen molar-refractivity contribution in [3.8, 4) is 0 Å². The smallest absolute Gasteiger partial charge is 0.139 e. The van der Waals surface area contributed by atoms with Crippen molar-refractivity contribution in [2.75, 3.05) is 0 Å². The monoisotopic (exact) mass is 507 g/mol. The molecule has 0 heterocycles. The van der Waals surface area contributed by atoms with Gasteiger partial charge < -0.3 is 4.57 Å². The highest BCUT2D eigenvalue weighted by atomic mass is 35.5. The molecule has 2 nitrogen and oxygen atoms in total. The first-order valence-electron chi connectivity index (χ1n) is 13.0. The lowest BCUT2D eigenvalue weighted by atomic mass is 9.77. The Morgan fingerprint density at radius 3 is 2.03 bits per heavy atom. The fourth-order valence-electron chi connectivity index (χ4n) is 5.93. The van der Waals surface area contributed by atoms with Gasteiger partial charge in [-0.25, -0.2) is 0 Å². The Labute approximate surface area is 216 Å². The van der Waals surface area contributed by atoms with Crippen molar-refractivity contribution in [3.63, 3.8) is 0 Å².